The van der Waals surface area contributed by atoms with Gasteiger partial charge in [-0.3, -0.25) is 9.79 Å². The zero-order valence-electron chi connectivity index (χ0n) is 16.0. The fraction of sp³-hybridized carbons (Fsp3) is 0.304. The molecule has 1 aliphatic carbocycles. The van der Waals surface area contributed by atoms with Gasteiger partial charge in [0.05, 0.1) is 24.1 Å². The first kappa shape index (κ1) is 18.9. The Bertz CT molecular complexity index is 895. The lowest BCUT2D eigenvalue weighted by molar-refractivity contribution is -0.117. The topological polar surface area (TPSA) is 58.9 Å². The molecule has 1 N–H and O–H groups in total. The van der Waals surface area contributed by atoms with Crippen LogP contribution in [-0.2, 0) is 11.2 Å². The van der Waals surface area contributed by atoms with Crippen LogP contribution in [0, 0.1) is 5.41 Å². The Labute approximate surface area is 160 Å². The molecule has 0 aromatic heterocycles. The molecule has 1 fully saturated rings. The molecule has 3 rings (SSSR count). The number of carbonyl (C=O) groups excluding carboxylic acids is 1. The van der Waals surface area contributed by atoms with Gasteiger partial charge in [-0.2, -0.15) is 0 Å². The number of methoxy groups -OCH3 is 1. The molecule has 0 unspecified atom stereocenters. The van der Waals surface area contributed by atoms with Crippen LogP contribution < -0.4 is 4.74 Å². The number of benzene rings is 2. The van der Waals surface area contributed by atoms with E-state index in [1.54, 1.807) is 7.11 Å². The van der Waals surface area contributed by atoms with E-state index in [0.29, 0.717) is 42.0 Å². The Kier molecular flexibility index (Phi) is 5.45. The van der Waals surface area contributed by atoms with Crippen LogP contribution >= 0.6 is 0 Å². The minimum Gasteiger partial charge on any atom is -0.511 e. The molecule has 0 radical (unpaired) electrons. The first-order chi connectivity index (χ1) is 12.9. The van der Waals surface area contributed by atoms with Crippen LogP contribution in [0.5, 0.6) is 5.75 Å². The monoisotopic (exact) mass is 363 g/mol. The van der Waals surface area contributed by atoms with E-state index in [2.05, 4.69) is 13.8 Å². The number of hydrogen-bond donors (Lipinski definition) is 1. The highest BCUT2D eigenvalue weighted by molar-refractivity contribution is 6.25. The molecule has 1 aliphatic rings. The van der Waals surface area contributed by atoms with Crippen molar-refractivity contribution in [2.45, 2.75) is 33.1 Å². The van der Waals surface area contributed by atoms with Gasteiger partial charge < -0.3 is 9.84 Å². The van der Waals surface area contributed by atoms with Gasteiger partial charge in [-0.25, -0.2) is 0 Å². The van der Waals surface area contributed by atoms with Gasteiger partial charge in [-0.1, -0.05) is 50.2 Å². The van der Waals surface area contributed by atoms with Crippen molar-refractivity contribution in [3.8, 4) is 5.75 Å². The second kappa shape index (κ2) is 7.78. The van der Waals surface area contributed by atoms with E-state index >= 15 is 0 Å². The summed E-state index contributed by atoms with van der Waals surface area (Å²) in [6, 6.07) is 17.1. The highest BCUT2D eigenvalue weighted by atomic mass is 16.5. The Hall–Kier alpha value is -2.88. The van der Waals surface area contributed by atoms with Gasteiger partial charge in [0.1, 0.15) is 11.5 Å². The molecule has 27 heavy (non-hydrogen) atoms. The third-order valence-electron chi connectivity index (χ3n) is 4.67. The van der Waals surface area contributed by atoms with E-state index in [4.69, 9.17) is 9.73 Å². The summed E-state index contributed by atoms with van der Waals surface area (Å²) >= 11 is 0. The maximum absolute atomic E-state index is 12.8. The summed E-state index contributed by atoms with van der Waals surface area (Å²) in [5, 5.41) is 10.8. The van der Waals surface area contributed by atoms with Crippen LogP contribution in [0.4, 0.5) is 5.69 Å². The predicted octanol–water partition coefficient (Wildman–Crippen LogP) is 5.21. The third-order valence-corrected chi connectivity index (χ3v) is 4.67. The number of allylic oxidation sites excluding steroid dienone is 2. The average Bonchev–Trinajstić information content (AvgIpc) is 2.61. The summed E-state index contributed by atoms with van der Waals surface area (Å²) in [6.07, 6.45) is 1.35. The third kappa shape index (κ3) is 4.64. The molecular formula is C23H25NO3. The van der Waals surface area contributed by atoms with E-state index in [0.717, 1.165) is 5.56 Å². The van der Waals surface area contributed by atoms with Gasteiger partial charge in [-0.05, 0) is 29.5 Å². The Morgan fingerprint density at radius 2 is 1.85 bits per heavy atom. The number of carbonyl (C=O) groups is 1. The number of rotatable bonds is 4. The normalized spacial score (nSPS) is 19.8. The summed E-state index contributed by atoms with van der Waals surface area (Å²) in [4.78, 5) is 17.6. The van der Waals surface area contributed by atoms with Gasteiger partial charge in [-0.15, -0.1) is 0 Å². The second-order valence-electron chi connectivity index (χ2n) is 7.68. The van der Waals surface area contributed by atoms with E-state index < -0.39 is 0 Å². The highest BCUT2D eigenvalue weighted by Gasteiger charge is 2.36. The average molecular weight is 363 g/mol. The molecule has 2 aromatic rings. The van der Waals surface area contributed by atoms with Crippen molar-refractivity contribution in [2.75, 3.05) is 7.11 Å². The molecular weight excluding hydrogens is 338 g/mol. The van der Waals surface area contributed by atoms with Crippen molar-refractivity contribution in [3.05, 3.63) is 71.5 Å². The summed E-state index contributed by atoms with van der Waals surface area (Å²) in [5.74, 6) is 0.738. The molecule has 0 atom stereocenters. The number of ketones is 1. The Morgan fingerprint density at radius 3 is 2.56 bits per heavy atom. The minimum atomic E-state index is -0.189. The van der Waals surface area contributed by atoms with Crippen molar-refractivity contribution in [1.29, 1.82) is 0 Å². The number of aliphatic imine (C=N–C) groups is 1. The number of hydrogen-bond acceptors (Lipinski definition) is 4. The molecule has 0 heterocycles. The lowest BCUT2D eigenvalue weighted by Gasteiger charge is -2.31. The van der Waals surface area contributed by atoms with Crippen molar-refractivity contribution in [2.24, 2.45) is 10.4 Å². The van der Waals surface area contributed by atoms with Gasteiger partial charge in [0.25, 0.3) is 0 Å². The number of aliphatic hydroxyl groups is 1. The van der Waals surface area contributed by atoms with E-state index in [1.807, 2.05) is 54.6 Å². The zero-order chi connectivity index (χ0) is 19.4. The first-order valence-electron chi connectivity index (χ1n) is 9.09. The predicted molar refractivity (Wildman–Crippen MR) is 108 cm³/mol. The molecule has 0 spiro atoms. The van der Waals surface area contributed by atoms with E-state index in [1.165, 1.54) is 0 Å². The maximum Gasteiger partial charge on any atom is 0.168 e. The molecule has 0 amide bonds. The SMILES string of the molecule is COc1cccc(N=C2CC(C)(C)CC(=O)C2=C(O)Cc2ccccc2)c1. The van der Waals surface area contributed by atoms with Gasteiger partial charge >= 0.3 is 0 Å². The van der Waals surface area contributed by atoms with Gasteiger partial charge in [0, 0.05) is 18.9 Å². The first-order valence-corrected chi connectivity index (χ1v) is 9.09. The molecule has 0 saturated heterocycles. The van der Waals surface area contributed by atoms with Crippen molar-refractivity contribution in [3.63, 3.8) is 0 Å². The smallest absolute Gasteiger partial charge is 0.168 e. The summed E-state index contributed by atoms with van der Waals surface area (Å²) in [6.45, 7) is 4.11. The van der Waals surface area contributed by atoms with Crippen molar-refractivity contribution < 1.29 is 14.6 Å². The lowest BCUT2D eigenvalue weighted by Crippen LogP contribution is -2.32. The quantitative estimate of drug-likeness (QED) is 0.599. The minimum absolute atomic E-state index is 0.0543. The van der Waals surface area contributed by atoms with Crippen LogP contribution in [0.3, 0.4) is 0 Å². The number of Topliss-reactive ketones (excluding diaryl/α,β-unsaturated/α-hetero) is 1. The van der Waals surface area contributed by atoms with Crippen LogP contribution in [0.2, 0.25) is 0 Å². The number of aliphatic hydroxyl groups excluding tert-OH is 1. The summed E-state index contributed by atoms with van der Waals surface area (Å²) in [5.41, 5.74) is 2.48. The summed E-state index contributed by atoms with van der Waals surface area (Å²) < 4.78 is 5.26. The fourth-order valence-corrected chi connectivity index (χ4v) is 3.42. The van der Waals surface area contributed by atoms with Crippen LogP contribution in [-0.4, -0.2) is 23.7 Å². The molecule has 0 bridgehead atoms. The molecule has 4 heteroatoms. The zero-order valence-corrected chi connectivity index (χ0v) is 16.0. The van der Waals surface area contributed by atoms with Crippen LogP contribution in [0.25, 0.3) is 0 Å². The van der Waals surface area contributed by atoms with Gasteiger partial charge in [0.15, 0.2) is 5.78 Å². The molecule has 1 saturated carbocycles. The highest BCUT2D eigenvalue weighted by Crippen LogP contribution is 2.37. The number of ether oxygens (including phenoxy) is 1. The van der Waals surface area contributed by atoms with Gasteiger partial charge in [0.2, 0.25) is 0 Å². The molecule has 0 aliphatic heterocycles. The Morgan fingerprint density at radius 1 is 1.11 bits per heavy atom. The number of nitrogens with zero attached hydrogens (tertiary/aromatic N) is 1. The summed E-state index contributed by atoms with van der Waals surface area (Å²) in [7, 11) is 1.61. The molecule has 4 nitrogen and oxygen atoms in total. The van der Waals surface area contributed by atoms with Crippen LogP contribution in [0.15, 0.2) is 70.9 Å². The fourth-order valence-electron chi connectivity index (χ4n) is 3.42. The largest absolute Gasteiger partial charge is 0.511 e. The van der Waals surface area contributed by atoms with E-state index in [9.17, 15) is 9.90 Å². The maximum atomic E-state index is 12.8. The molecule has 140 valence electrons. The lowest BCUT2D eigenvalue weighted by atomic mass is 9.73. The Balaban J connectivity index is 2.03. The molecule has 2 aromatic carbocycles. The standard InChI is InChI=1S/C23H25NO3/c1-23(2)14-19(24-17-10-7-11-18(13-17)27-3)22(21(26)15-23)20(25)12-16-8-5-4-6-9-16/h4-11,13,25H,12,14-15H2,1-3H3. The van der Waals surface area contributed by atoms with E-state index in [-0.39, 0.29) is 17.0 Å². The van der Waals surface area contributed by atoms with Crippen LogP contribution in [0.1, 0.15) is 32.3 Å². The van der Waals surface area contributed by atoms with Crippen molar-refractivity contribution >= 4 is 17.2 Å². The van der Waals surface area contributed by atoms with Crippen molar-refractivity contribution in [1.82, 2.24) is 0 Å². The second-order valence-corrected chi connectivity index (χ2v) is 7.68.